The van der Waals surface area contributed by atoms with Gasteiger partial charge in [-0.3, -0.25) is 0 Å². The summed E-state index contributed by atoms with van der Waals surface area (Å²) in [6.07, 6.45) is 2.16. The summed E-state index contributed by atoms with van der Waals surface area (Å²) in [6.45, 7) is 2.03. The summed E-state index contributed by atoms with van der Waals surface area (Å²) in [5.74, 6) is 0.409. The van der Waals surface area contributed by atoms with Crippen LogP contribution < -0.4 is 4.72 Å². The van der Waals surface area contributed by atoms with Crippen LogP contribution in [0.2, 0.25) is 0 Å². The van der Waals surface area contributed by atoms with Crippen molar-refractivity contribution in [2.75, 3.05) is 0 Å². The van der Waals surface area contributed by atoms with Crippen molar-refractivity contribution < 1.29 is 8.42 Å². The normalized spacial score (nSPS) is 16.6. The van der Waals surface area contributed by atoms with Gasteiger partial charge in [-0.05, 0) is 43.4 Å². The van der Waals surface area contributed by atoms with E-state index >= 15 is 0 Å². The summed E-state index contributed by atoms with van der Waals surface area (Å²) >= 11 is 0. The Hall–Kier alpha value is -1.65. The molecule has 0 spiro atoms. The molecule has 0 saturated heterocycles. The Morgan fingerprint density at radius 3 is 2.19 bits per heavy atom. The first kappa shape index (κ1) is 14.3. The van der Waals surface area contributed by atoms with Crippen molar-refractivity contribution >= 4 is 10.0 Å². The monoisotopic (exact) mass is 301 g/mol. The first-order chi connectivity index (χ1) is 10.1. The molecule has 0 amide bonds. The highest BCUT2D eigenvalue weighted by molar-refractivity contribution is 7.89. The fourth-order valence-electron chi connectivity index (χ4n) is 2.47. The van der Waals surface area contributed by atoms with Crippen LogP contribution in [0.4, 0.5) is 0 Å². The molecule has 2 aromatic carbocycles. The second-order valence-electron chi connectivity index (χ2n) is 5.66. The van der Waals surface area contributed by atoms with Gasteiger partial charge in [0.05, 0.1) is 4.90 Å². The van der Waals surface area contributed by atoms with Crippen molar-refractivity contribution in [2.24, 2.45) is 5.92 Å². The summed E-state index contributed by atoms with van der Waals surface area (Å²) in [4.78, 5) is 0.322. The molecule has 1 fully saturated rings. The van der Waals surface area contributed by atoms with Crippen LogP contribution in [0.1, 0.15) is 30.0 Å². The average Bonchev–Trinajstić information content (AvgIpc) is 3.31. The van der Waals surface area contributed by atoms with Gasteiger partial charge in [0, 0.05) is 6.04 Å². The number of benzene rings is 2. The molecule has 0 aromatic heterocycles. The molecule has 0 bridgehead atoms. The van der Waals surface area contributed by atoms with Gasteiger partial charge in [-0.15, -0.1) is 0 Å². The van der Waals surface area contributed by atoms with E-state index in [-0.39, 0.29) is 6.04 Å². The Morgan fingerprint density at radius 2 is 1.62 bits per heavy atom. The van der Waals surface area contributed by atoms with E-state index in [1.165, 1.54) is 5.56 Å². The van der Waals surface area contributed by atoms with Gasteiger partial charge in [0.15, 0.2) is 0 Å². The summed E-state index contributed by atoms with van der Waals surface area (Å²) in [7, 11) is -3.47. The molecule has 1 saturated carbocycles. The van der Waals surface area contributed by atoms with Crippen molar-refractivity contribution in [1.29, 1.82) is 0 Å². The van der Waals surface area contributed by atoms with Crippen LogP contribution in [0, 0.1) is 12.8 Å². The molecule has 1 atom stereocenters. The first-order valence-corrected chi connectivity index (χ1v) is 8.68. The number of sulfonamides is 1. The zero-order valence-corrected chi connectivity index (χ0v) is 12.8. The van der Waals surface area contributed by atoms with Crippen molar-refractivity contribution in [2.45, 2.75) is 30.7 Å². The fourth-order valence-corrected chi connectivity index (χ4v) is 3.79. The Bertz CT molecular complexity index is 704. The van der Waals surface area contributed by atoms with Crippen LogP contribution in [0.25, 0.3) is 0 Å². The van der Waals surface area contributed by atoms with E-state index in [1.807, 2.05) is 37.3 Å². The van der Waals surface area contributed by atoms with Crippen molar-refractivity contribution in [3.8, 4) is 0 Å². The molecule has 1 aliphatic carbocycles. The van der Waals surface area contributed by atoms with E-state index < -0.39 is 10.0 Å². The molecule has 1 N–H and O–H groups in total. The number of hydrogen-bond acceptors (Lipinski definition) is 2. The van der Waals surface area contributed by atoms with Gasteiger partial charge < -0.3 is 0 Å². The molecule has 3 nitrogen and oxygen atoms in total. The maximum atomic E-state index is 12.5. The van der Waals surface area contributed by atoms with Gasteiger partial charge in [-0.1, -0.05) is 48.0 Å². The van der Waals surface area contributed by atoms with E-state index in [1.54, 1.807) is 24.3 Å². The van der Waals surface area contributed by atoms with E-state index in [2.05, 4.69) is 4.72 Å². The molecule has 21 heavy (non-hydrogen) atoms. The lowest BCUT2D eigenvalue weighted by atomic mass is 10.0. The highest BCUT2D eigenvalue weighted by Crippen LogP contribution is 2.41. The molecule has 0 heterocycles. The maximum Gasteiger partial charge on any atom is 0.241 e. The van der Waals surface area contributed by atoms with Gasteiger partial charge in [-0.2, -0.15) is 0 Å². The highest BCUT2D eigenvalue weighted by atomic mass is 32.2. The molecular formula is C17H19NO2S. The zero-order valence-electron chi connectivity index (χ0n) is 12.0. The van der Waals surface area contributed by atoms with Crippen molar-refractivity contribution in [1.82, 2.24) is 4.72 Å². The Labute approximate surface area is 126 Å². The molecule has 1 unspecified atom stereocenters. The molecule has 110 valence electrons. The van der Waals surface area contributed by atoms with Crippen LogP contribution in [-0.2, 0) is 10.0 Å². The predicted molar refractivity (Wildman–Crippen MR) is 83.4 cm³/mol. The third kappa shape index (κ3) is 3.34. The lowest BCUT2D eigenvalue weighted by Gasteiger charge is -2.19. The predicted octanol–water partition coefficient (Wildman–Crippen LogP) is 3.42. The first-order valence-electron chi connectivity index (χ1n) is 7.20. The number of aryl methyl sites for hydroxylation is 1. The van der Waals surface area contributed by atoms with Gasteiger partial charge >= 0.3 is 0 Å². The molecule has 4 heteroatoms. The van der Waals surface area contributed by atoms with E-state index in [4.69, 9.17) is 0 Å². The van der Waals surface area contributed by atoms with Crippen LogP contribution in [0.15, 0.2) is 59.5 Å². The topological polar surface area (TPSA) is 46.2 Å². The minimum absolute atomic E-state index is 0.129. The lowest BCUT2D eigenvalue weighted by Crippen LogP contribution is -2.30. The van der Waals surface area contributed by atoms with Gasteiger partial charge in [0.1, 0.15) is 0 Å². The van der Waals surface area contributed by atoms with Gasteiger partial charge in [0.25, 0.3) is 0 Å². The molecular weight excluding hydrogens is 282 g/mol. The SMILES string of the molecule is Cc1ccc(C(NS(=O)(=O)c2ccccc2)C2CC2)cc1. The summed E-state index contributed by atoms with van der Waals surface area (Å²) < 4.78 is 27.9. The molecule has 3 rings (SSSR count). The Kier molecular flexibility index (Phi) is 3.83. The van der Waals surface area contributed by atoms with E-state index in [0.29, 0.717) is 10.8 Å². The Balaban J connectivity index is 1.88. The lowest BCUT2D eigenvalue weighted by molar-refractivity contribution is 0.529. The molecule has 0 radical (unpaired) electrons. The second kappa shape index (κ2) is 5.62. The van der Waals surface area contributed by atoms with Gasteiger partial charge in [0.2, 0.25) is 10.0 Å². The highest BCUT2D eigenvalue weighted by Gasteiger charge is 2.35. The molecule has 2 aromatic rings. The summed E-state index contributed by atoms with van der Waals surface area (Å²) in [5, 5.41) is 0. The minimum atomic E-state index is -3.47. The summed E-state index contributed by atoms with van der Waals surface area (Å²) in [6, 6.07) is 16.5. The molecule has 1 aliphatic rings. The smallest absolute Gasteiger partial charge is 0.207 e. The number of nitrogens with one attached hydrogen (secondary N) is 1. The van der Waals surface area contributed by atoms with Crippen LogP contribution >= 0.6 is 0 Å². The third-order valence-corrected chi connectivity index (χ3v) is 5.32. The van der Waals surface area contributed by atoms with E-state index in [9.17, 15) is 8.42 Å². The molecule has 0 aliphatic heterocycles. The summed E-state index contributed by atoms with van der Waals surface area (Å²) in [5.41, 5.74) is 2.22. The standard InChI is InChI=1S/C17H19NO2S/c1-13-7-9-14(10-8-13)17(15-11-12-15)18-21(19,20)16-5-3-2-4-6-16/h2-10,15,17-18H,11-12H2,1H3. The largest absolute Gasteiger partial charge is 0.241 e. The average molecular weight is 301 g/mol. The maximum absolute atomic E-state index is 12.5. The Morgan fingerprint density at radius 1 is 1.00 bits per heavy atom. The van der Waals surface area contributed by atoms with Crippen LogP contribution in [0.3, 0.4) is 0 Å². The van der Waals surface area contributed by atoms with E-state index in [0.717, 1.165) is 18.4 Å². The van der Waals surface area contributed by atoms with Crippen LogP contribution in [0.5, 0.6) is 0 Å². The minimum Gasteiger partial charge on any atom is -0.207 e. The van der Waals surface area contributed by atoms with Crippen molar-refractivity contribution in [3.05, 3.63) is 65.7 Å². The second-order valence-corrected chi connectivity index (χ2v) is 7.37. The van der Waals surface area contributed by atoms with Gasteiger partial charge in [-0.25, -0.2) is 13.1 Å². The van der Waals surface area contributed by atoms with Crippen molar-refractivity contribution in [3.63, 3.8) is 0 Å². The zero-order chi connectivity index (χ0) is 14.9. The third-order valence-electron chi connectivity index (χ3n) is 3.87. The fraction of sp³-hybridized carbons (Fsp3) is 0.294. The van der Waals surface area contributed by atoms with Crippen LogP contribution in [-0.4, -0.2) is 8.42 Å². The number of rotatable bonds is 5. The number of hydrogen-bond donors (Lipinski definition) is 1. The quantitative estimate of drug-likeness (QED) is 0.919.